The van der Waals surface area contributed by atoms with Gasteiger partial charge in [0.15, 0.2) is 0 Å². The molecule has 1 aliphatic rings. The first kappa shape index (κ1) is 14.7. The average molecular weight is 284 g/mol. The van der Waals surface area contributed by atoms with Crippen LogP contribution in [-0.2, 0) is 0 Å². The topological polar surface area (TPSA) is 50.4 Å². The molecule has 1 saturated heterocycles. The van der Waals surface area contributed by atoms with Gasteiger partial charge in [-0.25, -0.2) is 0 Å². The van der Waals surface area contributed by atoms with Crippen molar-refractivity contribution < 1.29 is 18.3 Å². The summed E-state index contributed by atoms with van der Waals surface area (Å²) in [5, 5.41) is 6.11. The molecular weight excluding hydrogens is 266 g/mol. The van der Waals surface area contributed by atoms with Gasteiger partial charge in [0.1, 0.15) is 5.75 Å². The molecule has 4 nitrogen and oxygen atoms in total. The molecule has 110 valence electrons. The van der Waals surface area contributed by atoms with Crippen LogP contribution in [0, 0.1) is 0 Å². The van der Waals surface area contributed by atoms with Crippen molar-refractivity contribution >= 4 is 5.91 Å². The molecule has 6 heteroatoms. The minimum absolute atomic E-state index is 0.0123. The van der Waals surface area contributed by atoms with Gasteiger partial charge >= 0.3 is 6.61 Å². The van der Waals surface area contributed by atoms with Crippen LogP contribution in [0.5, 0.6) is 5.75 Å². The summed E-state index contributed by atoms with van der Waals surface area (Å²) in [5.74, 6) is -0.486. The summed E-state index contributed by atoms with van der Waals surface area (Å²) >= 11 is 0. The summed E-state index contributed by atoms with van der Waals surface area (Å²) in [6.45, 7) is -0.171. The summed E-state index contributed by atoms with van der Waals surface area (Å²) < 4.78 is 29.0. The molecule has 1 fully saturated rings. The van der Waals surface area contributed by atoms with Crippen molar-refractivity contribution in [1.82, 2.24) is 10.6 Å². The van der Waals surface area contributed by atoms with Crippen molar-refractivity contribution in [1.29, 1.82) is 0 Å². The second-order valence-corrected chi connectivity index (χ2v) is 4.93. The number of hydrogen-bond donors (Lipinski definition) is 2. The van der Waals surface area contributed by atoms with E-state index in [1.807, 2.05) is 0 Å². The van der Waals surface area contributed by atoms with Crippen molar-refractivity contribution in [2.45, 2.75) is 38.5 Å². The molecule has 2 unspecified atom stereocenters. The van der Waals surface area contributed by atoms with Gasteiger partial charge < -0.3 is 15.4 Å². The molecule has 0 saturated carbocycles. The average Bonchev–Trinajstić information content (AvgIpc) is 2.41. The highest BCUT2D eigenvalue weighted by molar-refractivity contribution is 5.97. The van der Waals surface area contributed by atoms with E-state index in [1.165, 1.54) is 12.1 Å². The summed E-state index contributed by atoms with van der Waals surface area (Å²) in [4.78, 5) is 12.1. The SMILES string of the molecule is CC1CCC(NC(=O)c2ccccc2OC(F)F)CN1. The van der Waals surface area contributed by atoms with E-state index in [2.05, 4.69) is 22.3 Å². The molecule has 2 N–H and O–H groups in total. The Morgan fingerprint density at radius 2 is 2.15 bits per heavy atom. The standard InChI is InChI=1S/C14H18F2N2O2/c1-9-6-7-10(8-17-9)18-13(19)11-4-2-3-5-12(11)20-14(15)16/h2-5,9-10,14,17H,6-8H2,1H3,(H,18,19). The summed E-state index contributed by atoms with van der Waals surface area (Å²) in [6, 6.07) is 6.47. The van der Waals surface area contributed by atoms with E-state index in [4.69, 9.17) is 0 Å². The first-order chi connectivity index (χ1) is 9.56. The van der Waals surface area contributed by atoms with Crippen LogP contribution in [0.15, 0.2) is 24.3 Å². The van der Waals surface area contributed by atoms with Crippen LogP contribution in [0.25, 0.3) is 0 Å². The highest BCUT2D eigenvalue weighted by Crippen LogP contribution is 2.20. The number of rotatable bonds is 4. The maximum Gasteiger partial charge on any atom is 0.387 e. The van der Waals surface area contributed by atoms with Gasteiger partial charge in [-0.2, -0.15) is 8.78 Å². The van der Waals surface area contributed by atoms with Crippen LogP contribution in [0.2, 0.25) is 0 Å². The molecule has 0 radical (unpaired) electrons. The smallest absolute Gasteiger partial charge is 0.387 e. The maximum atomic E-state index is 12.3. The number of halogens is 2. The Labute approximate surface area is 116 Å². The highest BCUT2D eigenvalue weighted by atomic mass is 19.3. The second kappa shape index (κ2) is 6.65. The fraction of sp³-hybridized carbons (Fsp3) is 0.500. The highest BCUT2D eigenvalue weighted by Gasteiger charge is 2.21. The molecule has 1 aliphatic heterocycles. The van der Waals surface area contributed by atoms with Crippen molar-refractivity contribution in [3.8, 4) is 5.75 Å². The first-order valence-corrected chi connectivity index (χ1v) is 6.64. The number of ether oxygens (including phenoxy) is 1. The minimum atomic E-state index is -2.94. The van der Waals surface area contributed by atoms with Crippen LogP contribution in [0.1, 0.15) is 30.1 Å². The zero-order valence-corrected chi connectivity index (χ0v) is 11.2. The molecule has 1 amide bonds. The normalized spacial score (nSPS) is 22.6. The van der Waals surface area contributed by atoms with Gasteiger partial charge in [0.05, 0.1) is 5.56 Å². The number of para-hydroxylation sites is 1. The van der Waals surface area contributed by atoms with Gasteiger partial charge in [-0.3, -0.25) is 4.79 Å². The zero-order chi connectivity index (χ0) is 14.5. The number of piperidine rings is 1. The quantitative estimate of drug-likeness (QED) is 0.891. The molecule has 2 atom stereocenters. The van der Waals surface area contributed by atoms with Gasteiger partial charge in [0.25, 0.3) is 5.91 Å². The largest absolute Gasteiger partial charge is 0.434 e. The van der Waals surface area contributed by atoms with E-state index >= 15 is 0 Å². The van der Waals surface area contributed by atoms with E-state index in [0.717, 1.165) is 12.8 Å². The monoisotopic (exact) mass is 284 g/mol. The van der Waals surface area contributed by atoms with Gasteiger partial charge in [-0.05, 0) is 31.9 Å². The van der Waals surface area contributed by atoms with Crippen molar-refractivity contribution in [2.75, 3.05) is 6.54 Å². The number of nitrogens with one attached hydrogen (secondary N) is 2. The third kappa shape index (κ3) is 3.90. The van der Waals surface area contributed by atoms with Crippen molar-refractivity contribution in [3.63, 3.8) is 0 Å². The number of benzene rings is 1. The van der Waals surface area contributed by atoms with Crippen molar-refractivity contribution in [2.24, 2.45) is 0 Å². The van der Waals surface area contributed by atoms with Crippen LogP contribution >= 0.6 is 0 Å². The lowest BCUT2D eigenvalue weighted by atomic mass is 10.0. The molecule has 0 spiro atoms. The molecule has 0 aliphatic carbocycles. The summed E-state index contributed by atoms with van der Waals surface area (Å²) in [7, 11) is 0. The van der Waals surface area contributed by atoms with Gasteiger partial charge in [-0.15, -0.1) is 0 Å². The number of carbonyl (C=O) groups excluding carboxylic acids is 1. The van der Waals surface area contributed by atoms with E-state index in [9.17, 15) is 13.6 Å². The zero-order valence-electron chi connectivity index (χ0n) is 11.2. The molecule has 0 bridgehead atoms. The molecule has 2 rings (SSSR count). The number of amides is 1. The Balaban J connectivity index is 2.01. The Kier molecular flexibility index (Phi) is 4.89. The molecular formula is C14H18F2N2O2. The maximum absolute atomic E-state index is 12.3. The van der Waals surface area contributed by atoms with Crippen LogP contribution in [-0.4, -0.2) is 31.1 Å². The van der Waals surface area contributed by atoms with Gasteiger partial charge in [0, 0.05) is 18.6 Å². The third-order valence-corrected chi connectivity index (χ3v) is 3.34. The van der Waals surface area contributed by atoms with E-state index in [0.29, 0.717) is 12.6 Å². The summed E-state index contributed by atoms with van der Waals surface area (Å²) in [6.07, 6.45) is 1.85. The number of carbonyl (C=O) groups is 1. The molecule has 1 aromatic rings. The number of hydrogen-bond acceptors (Lipinski definition) is 3. The lowest BCUT2D eigenvalue weighted by molar-refractivity contribution is -0.0501. The Hall–Kier alpha value is -1.69. The fourth-order valence-corrected chi connectivity index (χ4v) is 2.24. The van der Waals surface area contributed by atoms with Gasteiger partial charge in [-0.1, -0.05) is 12.1 Å². The van der Waals surface area contributed by atoms with Crippen LogP contribution in [0.4, 0.5) is 8.78 Å². The van der Waals surface area contributed by atoms with Crippen LogP contribution < -0.4 is 15.4 Å². The van der Waals surface area contributed by atoms with E-state index in [1.54, 1.807) is 12.1 Å². The predicted octanol–water partition coefficient (Wildman–Crippen LogP) is 2.16. The van der Waals surface area contributed by atoms with E-state index < -0.39 is 6.61 Å². The minimum Gasteiger partial charge on any atom is -0.434 e. The first-order valence-electron chi connectivity index (χ1n) is 6.64. The second-order valence-electron chi connectivity index (χ2n) is 4.93. The van der Waals surface area contributed by atoms with Gasteiger partial charge in [0.2, 0.25) is 0 Å². The Morgan fingerprint density at radius 3 is 2.80 bits per heavy atom. The lowest BCUT2D eigenvalue weighted by Crippen LogP contribution is -2.48. The molecule has 1 aromatic carbocycles. The predicted molar refractivity (Wildman–Crippen MR) is 71.0 cm³/mol. The fourth-order valence-electron chi connectivity index (χ4n) is 2.24. The third-order valence-electron chi connectivity index (χ3n) is 3.34. The van der Waals surface area contributed by atoms with E-state index in [-0.39, 0.29) is 23.3 Å². The Morgan fingerprint density at radius 1 is 1.40 bits per heavy atom. The van der Waals surface area contributed by atoms with Crippen LogP contribution in [0.3, 0.4) is 0 Å². The number of alkyl halides is 2. The Bertz CT molecular complexity index is 460. The van der Waals surface area contributed by atoms with Crippen molar-refractivity contribution in [3.05, 3.63) is 29.8 Å². The summed E-state index contributed by atoms with van der Waals surface area (Å²) in [5.41, 5.74) is 0.131. The molecule has 1 heterocycles. The molecule has 0 aromatic heterocycles. The lowest BCUT2D eigenvalue weighted by Gasteiger charge is -2.28. The molecule has 20 heavy (non-hydrogen) atoms.